The van der Waals surface area contributed by atoms with E-state index >= 15 is 0 Å². The van der Waals surface area contributed by atoms with E-state index in [4.69, 9.17) is 55.9 Å². The van der Waals surface area contributed by atoms with Gasteiger partial charge in [-0.1, -0.05) is 47.5 Å². The maximum atomic E-state index is 13.5. The Balaban J connectivity index is 1.29. The minimum Gasteiger partial charge on any atom is -0.494 e. The predicted molar refractivity (Wildman–Crippen MR) is 255 cm³/mol. The van der Waals surface area contributed by atoms with Crippen molar-refractivity contribution >= 4 is 116 Å². The number of ketones is 2. The number of azo groups is 2. The molecule has 66 heavy (non-hydrogen) atoms. The highest BCUT2D eigenvalue weighted by Gasteiger charge is 2.28. The number of carbonyl (C=O) groups excluding carboxylic acids is 6. The van der Waals surface area contributed by atoms with E-state index in [0.29, 0.717) is 36.0 Å². The Morgan fingerprint density at radius 1 is 0.545 bits per heavy atom. The summed E-state index contributed by atoms with van der Waals surface area (Å²) in [6.07, 6.45) is 1.23. The van der Waals surface area contributed by atoms with E-state index in [1.807, 2.05) is 12.1 Å². The quantitative estimate of drug-likeness (QED) is 0.0333. The van der Waals surface area contributed by atoms with Gasteiger partial charge >= 0.3 is 0 Å². The van der Waals surface area contributed by atoms with Gasteiger partial charge in [0.1, 0.15) is 11.5 Å². The van der Waals surface area contributed by atoms with E-state index < -0.39 is 47.3 Å². The number of halogens is 4. The van der Waals surface area contributed by atoms with Gasteiger partial charge in [0.15, 0.2) is 11.6 Å². The number of anilines is 4. The summed E-state index contributed by atoms with van der Waals surface area (Å²) in [5.74, 6) is -3.29. The Morgan fingerprint density at radius 2 is 0.939 bits per heavy atom. The molecule has 0 saturated carbocycles. The average molecular weight is 977 g/mol. The SMILES string of the molecule is COc1cc(NC(=O)C(N=Nc2cc(Cl)cc(C(=O)Nc3cccc(CCCl)c3)c2)C(C)=O)c(OC)cc1NC(=O)C(N=Nc1cc(Cl)cc(C(=O)Nc2cccc(CCCl)c2)c1)C(C)=O. The van der Waals surface area contributed by atoms with Crippen molar-refractivity contribution in [2.24, 2.45) is 20.5 Å². The fraction of sp³-hybridized carbons (Fsp3) is 0.217. The van der Waals surface area contributed by atoms with Crippen molar-refractivity contribution in [3.8, 4) is 11.5 Å². The number of hydrogen-bond donors (Lipinski definition) is 4. The monoisotopic (exact) mass is 974 g/mol. The predicted octanol–water partition coefficient (Wildman–Crippen LogP) is 10.4. The number of nitrogens with one attached hydrogen (secondary N) is 4. The fourth-order valence-corrected chi connectivity index (χ4v) is 7.04. The standard InChI is InChI=1S/C46H42Cl4N8O8/c1-25(59)41(57-55-35-19-29(17-31(49)21-35)43(61)51-33-9-5-7-27(15-33)11-13-47)45(63)53-37-23-40(66-4)38(24-39(37)65-3)54-46(64)42(26(2)60)58-56-36-20-30(18-32(50)22-36)44(62)52-34-10-6-8-28(16-34)12-14-48/h5-10,15-24,41-42H,11-14H2,1-4H3,(H,51,61)(H,52,62)(H,53,63)(H,54,64). The van der Waals surface area contributed by atoms with Crippen LogP contribution in [0.15, 0.2) is 118 Å². The summed E-state index contributed by atoms with van der Waals surface area (Å²) in [5, 5.41) is 27.1. The molecule has 2 unspecified atom stereocenters. The van der Waals surface area contributed by atoms with Crippen LogP contribution in [0.1, 0.15) is 45.7 Å². The molecule has 0 bridgehead atoms. The number of alkyl halides is 2. The van der Waals surface area contributed by atoms with Crippen LogP contribution in [0.25, 0.3) is 0 Å². The summed E-state index contributed by atoms with van der Waals surface area (Å²) in [7, 11) is 2.58. The zero-order chi connectivity index (χ0) is 47.9. The van der Waals surface area contributed by atoms with Gasteiger partial charge in [0, 0.05) is 56.4 Å². The van der Waals surface area contributed by atoms with Gasteiger partial charge in [-0.15, -0.1) is 23.2 Å². The van der Waals surface area contributed by atoms with Gasteiger partial charge in [0.05, 0.1) is 37.0 Å². The van der Waals surface area contributed by atoms with E-state index in [0.717, 1.165) is 25.0 Å². The second kappa shape index (κ2) is 24.0. The summed E-state index contributed by atoms with van der Waals surface area (Å²) in [4.78, 5) is 78.7. The summed E-state index contributed by atoms with van der Waals surface area (Å²) in [6.45, 7) is 2.29. The largest absolute Gasteiger partial charge is 0.494 e. The van der Waals surface area contributed by atoms with E-state index in [2.05, 4.69) is 41.7 Å². The van der Waals surface area contributed by atoms with Crippen molar-refractivity contribution < 1.29 is 38.2 Å². The molecule has 5 rings (SSSR count). The third-order valence-corrected chi connectivity index (χ3v) is 10.1. The normalized spacial score (nSPS) is 12.0. The van der Waals surface area contributed by atoms with Crippen LogP contribution >= 0.6 is 46.4 Å². The molecule has 0 heterocycles. The molecule has 16 nitrogen and oxygen atoms in total. The number of nitrogens with zero attached hydrogens (tertiary/aromatic N) is 4. The molecule has 5 aromatic carbocycles. The Bertz CT molecular complexity index is 2530. The van der Waals surface area contributed by atoms with Crippen molar-refractivity contribution in [3.63, 3.8) is 0 Å². The number of Topliss-reactive ketones (excluding diaryl/α,β-unsaturated/α-hetero) is 2. The molecule has 0 saturated heterocycles. The lowest BCUT2D eigenvalue weighted by Gasteiger charge is -2.18. The number of carbonyl (C=O) groups is 6. The molecule has 5 aromatic rings. The van der Waals surface area contributed by atoms with Gasteiger partial charge in [-0.3, -0.25) is 28.8 Å². The summed E-state index contributed by atoms with van der Waals surface area (Å²) >= 11 is 24.3. The maximum absolute atomic E-state index is 13.5. The van der Waals surface area contributed by atoms with Crippen molar-refractivity contribution in [2.45, 2.75) is 38.8 Å². The van der Waals surface area contributed by atoms with Gasteiger partial charge in [0.2, 0.25) is 12.1 Å². The molecule has 0 aliphatic rings. The first-order valence-electron chi connectivity index (χ1n) is 19.8. The first-order valence-corrected chi connectivity index (χ1v) is 21.7. The second-order valence-electron chi connectivity index (χ2n) is 14.3. The summed E-state index contributed by atoms with van der Waals surface area (Å²) in [6, 6.07) is 22.1. The summed E-state index contributed by atoms with van der Waals surface area (Å²) in [5.41, 5.74) is 3.45. The molecular weight excluding hydrogens is 934 g/mol. The Morgan fingerprint density at radius 3 is 1.29 bits per heavy atom. The van der Waals surface area contributed by atoms with Crippen molar-refractivity contribution in [3.05, 3.63) is 129 Å². The average Bonchev–Trinajstić information content (AvgIpc) is 3.26. The smallest absolute Gasteiger partial charge is 0.258 e. The molecule has 0 fully saturated rings. The highest BCUT2D eigenvalue weighted by Crippen LogP contribution is 2.37. The lowest BCUT2D eigenvalue weighted by molar-refractivity contribution is -0.127. The summed E-state index contributed by atoms with van der Waals surface area (Å²) < 4.78 is 11.0. The Labute approximate surface area is 399 Å². The van der Waals surface area contributed by atoms with E-state index in [1.165, 1.54) is 62.8 Å². The zero-order valence-electron chi connectivity index (χ0n) is 35.8. The molecule has 0 radical (unpaired) electrons. The number of aryl methyl sites for hydroxylation is 2. The van der Waals surface area contributed by atoms with Crippen LogP contribution in [0.5, 0.6) is 11.5 Å². The number of hydrogen-bond acceptors (Lipinski definition) is 12. The fourth-order valence-electron chi connectivity index (χ4n) is 6.14. The van der Waals surface area contributed by atoms with Gasteiger partial charge in [-0.25, -0.2) is 0 Å². The third kappa shape index (κ3) is 14.1. The maximum Gasteiger partial charge on any atom is 0.258 e. The van der Waals surface area contributed by atoms with Crippen LogP contribution in [-0.2, 0) is 32.0 Å². The van der Waals surface area contributed by atoms with Crippen LogP contribution in [0.4, 0.5) is 34.1 Å². The van der Waals surface area contributed by atoms with E-state index in [9.17, 15) is 28.8 Å². The van der Waals surface area contributed by atoms with Crippen LogP contribution in [0.3, 0.4) is 0 Å². The van der Waals surface area contributed by atoms with Crippen molar-refractivity contribution in [2.75, 3.05) is 47.2 Å². The van der Waals surface area contributed by atoms with Gasteiger partial charge < -0.3 is 30.7 Å². The first kappa shape index (κ1) is 50.3. The Hall–Kier alpha value is -6.72. The van der Waals surface area contributed by atoms with Crippen molar-refractivity contribution in [1.29, 1.82) is 0 Å². The van der Waals surface area contributed by atoms with E-state index in [-0.39, 0.29) is 55.4 Å². The number of rotatable bonds is 20. The molecule has 4 N–H and O–H groups in total. The minimum absolute atomic E-state index is 0.00823. The molecule has 0 aliphatic heterocycles. The lowest BCUT2D eigenvalue weighted by atomic mass is 10.1. The number of amides is 4. The van der Waals surface area contributed by atoms with Crippen LogP contribution in [0.2, 0.25) is 10.0 Å². The second-order valence-corrected chi connectivity index (χ2v) is 15.9. The molecule has 2 atom stereocenters. The van der Waals surface area contributed by atoms with Crippen LogP contribution in [0, 0.1) is 0 Å². The molecular formula is C46H42Cl4N8O8. The molecule has 20 heteroatoms. The van der Waals surface area contributed by atoms with Gasteiger partial charge in [-0.05, 0) is 98.5 Å². The third-order valence-electron chi connectivity index (χ3n) is 9.31. The van der Waals surface area contributed by atoms with Gasteiger partial charge in [-0.2, -0.15) is 20.5 Å². The topological polar surface area (TPSA) is 218 Å². The van der Waals surface area contributed by atoms with Gasteiger partial charge in [0.25, 0.3) is 23.6 Å². The molecule has 342 valence electrons. The molecule has 0 spiro atoms. The molecule has 4 amide bonds. The lowest BCUT2D eigenvalue weighted by Crippen LogP contribution is -2.32. The molecule has 0 aromatic heterocycles. The number of ether oxygens (including phenoxy) is 2. The number of methoxy groups -OCH3 is 2. The highest BCUT2D eigenvalue weighted by molar-refractivity contribution is 6.31. The molecule has 0 aliphatic carbocycles. The highest BCUT2D eigenvalue weighted by atomic mass is 35.5. The van der Waals surface area contributed by atoms with Crippen LogP contribution < -0.4 is 30.7 Å². The van der Waals surface area contributed by atoms with E-state index in [1.54, 1.807) is 36.4 Å². The Kier molecular flexibility index (Phi) is 18.3. The van der Waals surface area contributed by atoms with Crippen LogP contribution in [-0.4, -0.2) is 73.3 Å². The minimum atomic E-state index is -1.66. The number of benzene rings is 5. The zero-order valence-corrected chi connectivity index (χ0v) is 38.8. The first-order chi connectivity index (χ1) is 31.6. The van der Waals surface area contributed by atoms with Crippen molar-refractivity contribution in [1.82, 2.24) is 0 Å².